The Bertz CT molecular complexity index is 349. The first-order chi connectivity index (χ1) is 7.72. The number of nitrogens with two attached hydrogens (primary N) is 1. The fourth-order valence-electron chi connectivity index (χ4n) is 2.39. The van der Waals surface area contributed by atoms with Gasteiger partial charge in [-0.2, -0.15) is 0 Å². The number of hydrogen-bond donors (Lipinski definition) is 1. The van der Waals surface area contributed by atoms with Crippen molar-refractivity contribution in [1.82, 2.24) is 4.98 Å². The highest BCUT2D eigenvalue weighted by molar-refractivity contribution is 5.49. The largest absolute Gasteiger partial charge is 0.356 e. The van der Waals surface area contributed by atoms with Crippen LogP contribution < -0.4 is 10.6 Å². The first-order valence-corrected chi connectivity index (χ1v) is 6.17. The molecule has 1 saturated heterocycles. The molecule has 2 atom stereocenters. The second-order valence-electron chi connectivity index (χ2n) is 4.71. The third-order valence-electron chi connectivity index (χ3n) is 3.47. The fraction of sp³-hybridized carbons (Fsp3) is 0.615. The molecular weight excluding hydrogens is 198 g/mol. The Hall–Kier alpha value is -1.09. The van der Waals surface area contributed by atoms with Crippen LogP contribution in [-0.4, -0.2) is 18.1 Å². The number of pyridine rings is 1. The number of nitrogens with zero attached hydrogens (tertiary/aromatic N) is 2. The monoisotopic (exact) mass is 219 g/mol. The third kappa shape index (κ3) is 2.19. The van der Waals surface area contributed by atoms with Crippen molar-refractivity contribution in [2.75, 3.05) is 18.0 Å². The van der Waals surface area contributed by atoms with Crippen LogP contribution in [0, 0.1) is 5.92 Å². The first kappa shape index (κ1) is 11.4. The lowest BCUT2D eigenvalue weighted by molar-refractivity contribution is 0.568. The van der Waals surface area contributed by atoms with E-state index in [0.717, 1.165) is 24.8 Å². The van der Waals surface area contributed by atoms with Crippen molar-refractivity contribution in [2.45, 2.75) is 32.7 Å². The molecule has 1 unspecified atom stereocenters. The summed E-state index contributed by atoms with van der Waals surface area (Å²) in [6, 6.07) is 4.12. The Labute approximate surface area is 97.7 Å². The molecule has 0 aliphatic carbocycles. The van der Waals surface area contributed by atoms with Gasteiger partial charge in [0.2, 0.25) is 0 Å². The number of aromatic nitrogens is 1. The molecule has 2 heterocycles. The van der Waals surface area contributed by atoms with E-state index in [1.807, 2.05) is 19.2 Å². The lowest BCUT2D eigenvalue weighted by Crippen LogP contribution is -2.23. The summed E-state index contributed by atoms with van der Waals surface area (Å²) in [6.45, 7) is 6.54. The zero-order valence-electron chi connectivity index (χ0n) is 10.2. The molecule has 3 heteroatoms. The van der Waals surface area contributed by atoms with E-state index in [1.165, 1.54) is 18.4 Å². The summed E-state index contributed by atoms with van der Waals surface area (Å²) in [5.41, 5.74) is 7.15. The molecule has 2 N–H and O–H groups in total. The van der Waals surface area contributed by atoms with Crippen LogP contribution >= 0.6 is 0 Å². The van der Waals surface area contributed by atoms with E-state index in [1.54, 1.807) is 0 Å². The molecule has 0 amide bonds. The molecule has 1 aromatic heterocycles. The maximum Gasteiger partial charge on any atom is 0.133 e. The maximum atomic E-state index is 5.98. The average Bonchev–Trinajstić information content (AvgIpc) is 2.77. The van der Waals surface area contributed by atoms with Gasteiger partial charge in [0.15, 0.2) is 0 Å². The van der Waals surface area contributed by atoms with Gasteiger partial charge < -0.3 is 10.6 Å². The van der Waals surface area contributed by atoms with Crippen molar-refractivity contribution >= 4 is 5.82 Å². The van der Waals surface area contributed by atoms with Gasteiger partial charge in [0.05, 0.1) is 0 Å². The summed E-state index contributed by atoms with van der Waals surface area (Å²) in [5.74, 6) is 1.91. The van der Waals surface area contributed by atoms with Crippen molar-refractivity contribution < 1.29 is 0 Å². The minimum absolute atomic E-state index is 0.0596. The first-order valence-electron chi connectivity index (χ1n) is 6.17. The smallest absolute Gasteiger partial charge is 0.133 e. The molecule has 1 aliphatic heterocycles. The van der Waals surface area contributed by atoms with E-state index in [-0.39, 0.29) is 6.04 Å². The molecule has 3 nitrogen and oxygen atoms in total. The fourth-order valence-corrected chi connectivity index (χ4v) is 2.39. The van der Waals surface area contributed by atoms with Crippen LogP contribution in [0.5, 0.6) is 0 Å². The molecule has 0 spiro atoms. The Balaban J connectivity index is 2.20. The Morgan fingerprint density at radius 3 is 3.06 bits per heavy atom. The summed E-state index contributed by atoms with van der Waals surface area (Å²) >= 11 is 0. The van der Waals surface area contributed by atoms with Gasteiger partial charge in [-0.25, -0.2) is 4.98 Å². The second kappa shape index (κ2) is 4.83. The molecule has 1 aromatic rings. The normalized spacial score (nSPS) is 22.4. The highest BCUT2D eigenvalue weighted by Crippen LogP contribution is 2.28. The summed E-state index contributed by atoms with van der Waals surface area (Å²) in [7, 11) is 0. The van der Waals surface area contributed by atoms with Crippen LogP contribution in [0.25, 0.3) is 0 Å². The van der Waals surface area contributed by atoms with Gasteiger partial charge in [0.1, 0.15) is 5.82 Å². The van der Waals surface area contributed by atoms with Gasteiger partial charge in [0, 0.05) is 30.9 Å². The lowest BCUT2D eigenvalue weighted by atomic mass is 10.1. The van der Waals surface area contributed by atoms with Gasteiger partial charge in [-0.1, -0.05) is 19.4 Å². The van der Waals surface area contributed by atoms with E-state index in [0.29, 0.717) is 0 Å². The van der Waals surface area contributed by atoms with Crippen molar-refractivity contribution in [1.29, 1.82) is 0 Å². The van der Waals surface area contributed by atoms with Crippen molar-refractivity contribution in [3.05, 3.63) is 23.9 Å². The van der Waals surface area contributed by atoms with Crippen LogP contribution in [0.2, 0.25) is 0 Å². The SMILES string of the molecule is CCC1CCN(c2ncccc2[C@H](C)N)C1. The zero-order valence-corrected chi connectivity index (χ0v) is 10.2. The molecule has 1 aliphatic rings. The van der Waals surface area contributed by atoms with E-state index >= 15 is 0 Å². The summed E-state index contributed by atoms with van der Waals surface area (Å²) in [5, 5.41) is 0. The predicted octanol–water partition coefficient (Wildman–Crippen LogP) is 2.34. The third-order valence-corrected chi connectivity index (χ3v) is 3.47. The number of anilines is 1. The van der Waals surface area contributed by atoms with Gasteiger partial charge in [0.25, 0.3) is 0 Å². The number of rotatable bonds is 3. The van der Waals surface area contributed by atoms with Crippen molar-refractivity contribution in [2.24, 2.45) is 11.7 Å². The highest BCUT2D eigenvalue weighted by Gasteiger charge is 2.24. The van der Waals surface area contributed by atoms with Crippen LogP contribution in [0.3, 0.4) is 0 Å². The van der Waals surface area contributed by atoms with Gasteiger partial charge in [-0.15, -0.1) is 0 Å². The minimum atomic E-state index is 0.0596. The standard InChI is InChI=1S/C13H21N3/c1-3-11-6-8-16(9-11)13-12(10(2)14)5-4-7-15-13/h4-5,7,10-11H,3,6,8-9,14H2,1-2H3/t10-,11?/m0/s1. The van der Waals surface area contributed by atoms with Crippen molar-refractivity contribution in [3.8, 4) is 0 Å². The maximum absolute atomic E-state index is 5.98. The molecular formula is C13H21N3. The molecule has 0 aromatic carbocycles. The molecule has 0 radical (unpaired) electrons. The van der Waals surface area contributed by atoms with Crippen molar-refractivity contribution in [3.63, 3.8) is 0 Å². The summed E-state index contributed by atoms with van der Waals surface area (Å²) in [6.07, 6.45) is 4.41. The van der Waals surface area contributed by atoms with Crippen LogP contribution in [0.15, 0.2) is 18.3 Å². The molecule has 0 saturated carbocycles. The lowest BCUT2D eigenvalue weighted by Gasteiger charge is -2.22. The summed E-state index contributed by atoms with van der Waals surface area (Å²) < 4.78 is 0. The molecule has 1 fully saturated rings. The average molecular weight is 219 g/mol. The zero-order chi connectivity index (χ0) is 11.5. The Morgan fingerprint density at radius 2 is 2.44 bits per heavy atom. The molecule has 0 bridgehead atoms. The molecule has 16 heavy (non-hydrogen) atoms. The molecule has 88 valence electrons. The molecule has 2 rings (SSSR count). The van der Waals surface area contributed by atoms with E-state index in [4.69, 9.17) is 5.73 Å². The second-order valence-corrected chi connectivity index (χ2v) is 4.71. The highest BCUT2D eigenvalue weighted by atomic mass is 15.2. The van der Waals surface area contributed by atoms with Gasteiger partial charge in [-0.05, 0) is 25.3 Å². The van der Waals surface area contributed by atoms with E-state index in [9.17, 15) is 0 Å². The Morgan fingerprint density at radius 1 is 1.62 bits per heavy atom. The van der Waals surface area contributed by atoms with Gasteiger partial charge >= 0.3 is 0 Å². The van der Waals surface area contributed by atoms with E-state index < -0.39 is 0 Å². The van der Waals surface area contributed by atoms with Crippen LogP contribution in [-0.2, 0) is 0 Å². The quantitative estimate of drug-likeness (QED) is 0.848. The van der Waals surface area contributed by atoms with Crippen LogP contribution in [0.4, 0.5) is 5.82 Å². The topological polar surface area (TPSA) is 42.2 Å². The minimum Gasteiger partial charge on any atom is -0.356 e. The summed E-state index contributed by atoms with van der Waals surface area (Å²) in [4.78, 5) is 6.88. The van der Waals surface area contributed by atoms with Gasteiger partial charge in [-0.3, -0.25) is 0 Å². The number of hydrogen-bond acceptors (Lipinski definition) is 3. The van der Waals surface area contributed by atoms with E-state index in [2.05, 4.69) is 22.9 Å². The predicted molar refractivity (Wildman–Crippen MR) is 67.5 cm³/mol. The van der Waals surface area contributed by atoms with Crippen LogP contribution in [0.1, 0.15) is 38.3 Å². The Kier molecular flexibility index (Phi) is 3.44.